The van der Waals surface area contributed by atoms with Crippen LogP contribution in [0, 0.1) is 0 Å². The predicted octanol–water partition coefficient (Wildman–Crippen LogP) is 6.87. The molecule has 2 aromatic rings. The molecule has 0 spiro atoms. The van der Waals surface area contributed by atoms with Gasteiger partial charge >= 0.3 is 0 Å². The highest BCUT2D eigenvalue weighted by Crippen LogP contribution is 2.31. The second-order valence-corrected chi connectivity index (χ2v) is 7.42. The van der Waals surface area contributed by atoms with Crippen molar-refractivity contribution >= 4 is 5.78 Å². The Bertz CT molecular complexity index is 704. The van der Waals surface area contributed by atoms with Crippen molar-refractivity contribution in [1.29, 1.82) is 0 Å². The van der Waals surface area contributed by atoms with Crippen LogP contribution in [0.15, 0.2) is 42.5 Å². The van der Waals surface area contributed by atoms with Gasteiger partial charge in [-0.05, 0) is 42.9 Å². The summed E-state index contributed by atoms with van der Waals surface area (Å²) in [5, 5.41) is 10.9. The first-order valence-electron chi connectivity index (χ1n) is 10.6. The third kappa shape index (κ3) is 6.23. The Morgan fingerprint density at radius 3 is 2.15 bits per heavy atom. The Kier molecular flexibility index (Phi) is 9.10. The fourth-order valence-corrected chi connectivity index (χ4v) is 3.57. The smallest absolute Gasteiger partial charge is 0.196 e. The fraction of sp³-hybridized carbons (Fsp3) is 0.480. The van der Waals surface area contributed by atoms with Crippen molar-refractivity contribution in [2.24, 2.45) is 0 Å². The van der Waals surface area contributed by atoms with Crippen LogP contribution in [-0.2, 0) is 12.8 Å². The first-order valence-corrected chi connectivity index (χ1v) is 10.6. The summed E-state index contributed by atoms with van der Waals surface area (Å²) in [6.07, 6.45) is 11.4. The Morgan fingerprint density at radius 2 is 1.44 bits per heavy atom. The van der Waals surface area contributed by atoms with E-state index in [0.29, 0.717) is 11.1 Å². The molecule has 27 heavy (non-hydrogen) atoms. The number of carbonyl (C=O) groups is 1. The molecule has 146 valence electrons. The van der Waals surface area contributed by atoms with Crippen molar-refractivity contribution in [3.05, 3.63) is 64.7 Å². The molecule has 0 aromatic heterocycles. The molecule has 0 saturated heterocycles. The SMILES string of the molecule is CCCCCCCCc1c(CCCC)ccc(C(=O)c2ccccc2)c1O. The number of unbranched alkanes of at least 4 members (excludes halogenated alkanes) is 6. The van der Waals surface area contributed by atoms with Crippen LogP contribution in [0.2, 0.25) is 0 Å². The molecule has 2 heteroatoms. The highest BCUT2D eigenvalue weighted by Gasteiger charge is 2.18. The second kappa shape index (κ2) is 11.6. The molecule has 1 N–H and O–H groups in total. The number of hydrogen-bond donors (Lipinski definition) is 1. The van der Waals surface area contributed by atoms with E-state index in [0.717, 1.165) is 37.7 Å². The first kappa shape index (κ1) is 21.2. The van der Waals surface area contributed by atoms with E-state index >= 15 is 0 Å². The van der Waals surface area contributed by atoms with E-state index in [1.54, 1.807) is 18.2 Å². The lowest BCUT2D eigenvalue weighted by molar-refractivity contribution is 0.103. The number of aryl methyl sites for hydroxylation is 1. The topological polar surface area (TPSA) is 37.3 Å². The molecule has 0 amide bonds. The van der Waals surface area contributed by atoms with E-state index in [9.17, 15) is 9.90 Å². The molecule has 2 aromatic carbocycles. The summed E-state index contributed by atoms with van der Waals surface area (Å²) in [6.45, 7) is 4.41. The molecule has 0 bridgehead atoms. The highest BCUT2D eigenvalue weighted by molar-refractivity contribution is 6.10. The molecule has 0 aliphatic carbocycles. The number of ketones is 1. The van der Waals surface area contributed by atoms with Crippen molar-refractivity contribution in [3.8, 4) is 5.75 Å². The molecular weight excluding hydrogens is 332 g/mol. The highest BCUT2D eigenvalue weighted by atomic mass is 16.3. The van der Waals surface area contributed by atoms with E-state index < -0.39 is 0 Å². The monoisotopic (exact) mass is 366 g/mol. The standard InChI is InChI=1S/C25H34O2/c1-3-5-7-8-9-13-17-22-20(14-6-4-2)18-19-23(25(22)27)24(26)21-15-11-10-12-16-21/h10-12,15-16,18-19,27H,3-9,13-14,17H2,1-2H3. The number of carbonyl (C=O) groups excluding carboxylic acids is 1. The van der Waals surface area contributed by atoms with Crippen LogP contribution in [0.1, 0.15) is 92.3 Å². The van der Waals surface area contributed by atoms with Crippen LogP contribution < -0.4 is 0 Å². The van der Waals surface area contributed by atoms with E-state index in [1.165, 1.54) is 37.7 Å². The van der Waals surface area contributed by atoms with E-state index in [-0.39, 0.29) is 11.5 Å². The molecule has 0 fully saturated rings. The number of benzene rings is 2. The minimum Gasteiger partial charge on any atom is -0.507 e. The third-order valence-electron chi connectivity index (χ3n) is 5.24. The Balaban J connectivity index is 2.18. The van der Waals surface area contributed by atoms with E-state index in [2.05, 4.69) is 19.9 Å². The molecule has 0 heterocycles. The maximum absolute atomic E-state index is 12.8. The largest absolute Gasteiger partial charge is 0.507 e. The van der Waals surface area contributed by atoms with Crippen molar-refractivity contribution in [2.45, 2.75) is 78.1 Å². The predicted molar refractivity (Wildman–Crippen MR) is 114 cm³/mol. The quantitative estimate of drug-likeness (QED) is 0.329. The van der Waals surface area contributed by atoms with Gasteiger partial charge in [0.15, 0.2) is 5.78 Å². The summed E-state index contributed by atoms with van der Waals surface area (Å²) in [7, 11) is 0. The average Bonchev–Trinajstić information content (AvgIpc) is 2.70. The molecule has 2 nitrogen and oxygen atoms in total. The van der Waals surface area contributed by atoms with Gasteiger partial charge in [0.1, 0.15) is 5.75 Å². The molecular formula is C25H34O2. The van der Waals surface area contributed by atoms with Crippen LogP contribution in [0.4, 0.5) is 0 Å². The minimum atomic E-state index is -0.0978. The Hall–Kier alpha value is -2.09. The summed E-state index contributed by atoms with van der Waals surface area (Å²) in [5.41, 5.74) is 3.25. The van der Waals surface area contributed by atoms with Gasteiger partial charge in [-0.25, -0.2) is 0 Å². The molecule has 2 rings (SSSR count). The minimum absolute atomic E-state index is 0.0978. The van der Waals surface area contributed by atoms with Crippen LogP contribution in [0.5, 0.6) is 5.75 Å². The van der Waals surface area contributed by atoms with Crippen molar-refractivity contribution in [2.75, 3.05) is 0 Å². The summed E-state index contributed by atoms with van der Waals surface area (Å²) in [5.74, 6) is 0.102. The molecule has 0 aliphatic rings. The summed E-state index contributed by atoms with van der Waals surface area (Å²) in [6, 6.07) is 13.1. The van der Waals surface area contributed by atoms with Gasteiger partial charge in [0.05, 0.1) is 5.56 Å². The zero-order chi connectivity index (χ0) is 19.5. The van der Waals surface area contributed by atoms with E-state index in [4.69, 9.17) is 0 Å². The number of aromatic hydroxyl groups is 1. The molecule has 0 aliphatic heterocycles. The summed E-state index contributed by atoms with van der Waals surface area (Å²) < 4.78 is 0. The lowest BCUT2D eigenvalue weighted by atomic mass is 9.91. The number of rotatable bonds is 12. The maximum atomic E-state index is 12.8. The van der Waals surface area contributed by atoms with E-state index in [1.807, 2.05) is 18.2 Å². The van der Waals surface area contributed by atoms with Gasteiger partial charge in [0.2, 0.25) is 0 Å². The number of phenols is 1. The van der Waals surface area contributed by atoms with Crippen molar-refractivity contribution in [1.82, 2.24) is 0 Å². The van der Waals surface area contributed by atoms with Crippen LogP contribution in [0.3, 0.4) is 0 Å². The van der Waals surface area contributed by atoms with Gasteiger partial charge in [-0.1, -0.05) is 88.8 Å². The lowest BCUT2D eigenvalue weighted by Gasteiger charge is -2.15. The molecule has 0 radical (unpaired) electrons. The first-order chi connectivity index (χ1) is 13.2. The van der Waals surface area contributed by atoms with Gasteiger partial charge in [-0.3, -0.25) is 4.79 Å². The summed E-state index contributed by atoms with van der Waals surface area (Å²) in [4.78, 5) is 12.8. The van der Waals surface area contributed by atoms with Gasteiger partial charge in [0.25, 0.3) is 0 Å². The number of hydrogen-bond acceptors (Lipinski definition) is 2. The molecule has 0 atom stereocenters. The van der Waals surface area contributed by atoms with Crippen molar-refractivity contribution in [3.63, 3.8) is 0 Å². The Morgan fingerprint density at radius 1 is 0.778 bits per heavy atom. The lowest BCUT2D eigenvalue weighted by Crippen LogP contribution is -2.05. The van der Waals surface area contributed by atoms with Crippen LogP contribution in [-0.4, -0.2) is 10.9 Å². The molecule has 0 unspecified atom stereocenters. The van der Waals surface area contributed by atoms with Gasteiger partial charge in [-0.2, -0.15) is 0 Å². The van der Waals surface area contributed by atoms with Gasteiger partial charge < -0.3 is 5.11 Å². The van der Waals surface area contributed by atoms with Gasteiger partial charge in [0, 0.05) is 5.56 Å². The number of phenolic OH excluding ortho intramolecular Hbond substituents is 1. The summed E-state index contributed by atoms with van der Waals surface area (Å²) >= 11 is 0. The second-order valence-electron chi connectivity index (χ2n) is 7.42. The van der Waals surface area contributed by atoms with Gasteiger partial charge in [-0.15, -0.1) is 0 Å². The van der Waals surface area contributed by atoms with Crippen molar-refractivity contribution < 1.29 is 9.90 Å². The third-order valence-corrected chi connectivity index (χ3v) is 5.24. The molecule has 0 saturated carbocycles. The normalized spacial score (nSPS) is 10.9. The average molecular weight is 367 g/mol. The zero-order valence-electron chi connectivity index (χ0n) is 17.0. The maximum Gasteiger partial charge on any atom is 0.196 e. The van der Waals surface area contributed by atoms with Crippen LogP contribution in [0.25, 0.3) is 0 Å². The zero-order valence-corrected chi connectivity index (χ0v) is 17.0. The fourth-order valence-electron chi connectivity index (χ4n) is 3.57. The Labute approximate surface area is 164 Å². The van der Waals surface area contributed by atoms with Crippen LogP contribution >= 0.6 is 0 Å².